The molecule has 0 aliphatic carbocycles. The third-order valence-corrected chi connectivity index (χ3v) is 6.88. The number of amides is 1. The molecule has 1 aliphatic heterocycles. The van der Waals surface area contributed by atoms with Crippen molar-refractivity contribution >= 4 is 38.5 Å². The number of carbonyl (C=O) groups excluding carboxylic acids is 1. The summed E-state index contributed by atoms with van der Waals surface area (Å²) in [6.45, 7) is 1.16. The van der Waals surface area contributed by atoms with Crippen molar-refractivity contribution in [2.24, 2.45) is 4.99 Å². The molecule has 0 fully saturated rings. The second kappa shape index (κ2) is 9.06. The number of carbonyl (C=O) groups is 1. The normalized spacial score (nSPS) is 13.6. The summed E-state index contributed by atoms with van der Waals surface area (Å²) >= 11 is 0. The van der Waals surface area contributed by atoms with Gasteiger partial charge in [0, 0.05) is 24.2 Å². The molecule has 0 bridgehead atoms. The molecule has 0 atom stereocenters. The molecule has 4 aromatic rings. The molecule has 172 valence electrons. The van der Waals surface area contributed by atoms with Gasteiger partial charge in [-0.2, -0.15) is 0 Å². The predicted octanol–water partition coefficient (Wildman–Crippen LogP) is 3.20. The van der Waals surface area contributed by atoms with Crippen LogP contribution in [0.5, 0.6) is 0 Å². The first-order valence-electron chi connectivity index (χ1n) is 10.8. The third-order valence-electron chi connectivity index (χ3n) is 5.50. The average molecular weight is 475 g/mol. The Kier molecular flexibility index (Phi) is 5.81. The lowest BCUT2D eigenvalue weighted by Crippen LogP contribution is -2.29. The Balaban J connectivity index is 1.27. The maximum absolute atomic E-state index is 12.7. The summed E-state index contributed by atoms with van der Waals surface area (Å²) in [6.07, 6.45) is 1.45. The topological polar surface area (TPSA) is 118 Å². The highest BCUT2D eigenvalue weighted by atomic mass is 32.2. The lowest BCUT2D eigenvalue weighted by Gasteiger charge is -2.10. The zero-order valence-corrected chi connectivity index (χ0v) is 19.0. The van der Waals surface area contributed by atoms with Crippen LogP contribution in [0.2, 0.25) is 0 Å². The molecule has 10 heteroatoms. The number of aliphatic imine (C=N–C) groups is 1. The van der Waals surface area contributed by atoms with Gasteiger partial charge in [0.25, 0.3) is 15.9 Å². The van der Waals surface area contributed by atoms with Gasteiger partial charge in [-0.1, -0.05) is 35.5 Å². The van der Waals surface area contributed by atoms with Crippen LogP contribution in [0, 0.1) is 0 Å². The van der Waals surface area contributed by atoms with Gasteiger partial charge in [-0.15, -0.1) is 5.10 Å². The fourth-order valence-corrected chi connectivity index (χ4v) is 4.88. The third kappa shape index (κ3) is 4.67. The van der Waals surface area contributed by atoms with Crippen molar-refractivity contribution in [3.8, 4) is 0 Å². The summed E-state index contributed by atoms with van der Waals surface area (Å²) in [6, 6.07) is 21.0. The van der Waals surface area contributed by atoms with Gasteiger partial charge >= 0.3 is 0 Å². The second-order valence-corrected chi connectivity index (χ2v) is 9.63. The number of aromatic nitrogens is 3. The molecule has 2 heterocycles. The van der Waals surface area contributed by atoms with Gasteiger partial charge in [0.2, 0.25) is 0 Å². The molecule has 0 unspecified atom stereocenters. The Bertz CT molecular complexity index is 1490. The first-order valence-corrected chi connectivity index (χ1v) is 12.3. The molecule has 0 saturated carbocycles. The van der Waals surface area contributed by atoms with E-state index in [-0.39, 0.29) is 10.8 Å². The zero-order valence-electron chi connectivity index (χ0n) is 18.2. The Hall–Kier alpha value is -4.05. The van der Waals surface area contributed by atoms with Crippen molar-refractivity contribution in [1.29, 1.82) is 0 Å². The summed E-state index contributed by atoms with van der Waals surface area (Å²) in [5.74, 6) is 0.133. The largest absolute Gasteiger partial charge is 0.322 e. The number of anilines is 1. The highest BCUT2D eigenvalue weighted by Gasteiger charge is 2.19. The SMILES string of the molecule is O=C(Nc1cccc(S(=O)(=O)NC2=NCCC2)c1)c1ccc(Cn2nnc3ccccc32)cc1. The van der Waals surface area contributed by atoms with Gasteiger partial charge < -0.3 is 5.32 Å². The first-order chi connectivity index (χ1) is 16.5. The number of rotatable bonds is 6. The molecule has 0 radical (unpaired) electrons. The van der Waals surface area contributed by atoms with E-state index in [0.717, 1.165) is 23.0 Å². The summed E-state index contributed by atoms with van der Waals surface area (Å²) in [7, 11) is -3.76. The molecule has 1 aliphatic rings. The van der Waals surface area contributed by atoms with Crippen molar-refractivity contribution in [3.63, 3.8) is 0 Å². The highest BCUT2D eigenvalue weighted by Crippen LogP contribution is 2.18. The predicted molar refractivity (Wildman–Crippen MR) is 129 cm³/mol. The van der Waals surface area contributed by atoms with E-state index in [9.17, 15) is 13.2 Å². The number of amidine groups is 1. The van der Waals surface area contributed by atoms with E-state index in [0.29, 0.717) is 36.6 Å². The minimum Gasteiger partial charge on any atom is -0.322 e. The van der Waals surface area contributed by atoms with Crippen LogP contribution in [0.4, 0.5) is 5.69 Å². The molecule has 9 nitrogen and oxygen atoms in total. The molecule has 1 aromatic heterocycles. The van der Waals surface area contributed by atoms with E-state index in [1.807, 2.05) is 41.1 Å². The van der Waals surface area contributed by atoms with Crippen molar-refractivity contribution in [3.05, 3.63) is 83.9 Å². The van der Waals surface area contributed by atoms with Crippen molar-refractivity contribution < 1.29 is 13.2 Å². The zero-order chi connectivity index (χ0) is 23.5. The van der Waals surface area contributed by atoms with E-state index in [1.54, 1.807) is 24.3 Å². The lowest BCUT2D eigenvalue weighted by molar-refractivity contribution is 0.102. The first kappa shape index (κ1) is 21.8. The number of para-hydroxylation sites is 1. The standard InChI is InChI=1S/C24H22N6O3S/c31-24(26-19-5-3-6-20(15-19)34(32,33)28-23-9-4-14-25-23)18-12-10-17(11-13-18)16-30-22-8-2-1-7-21(22)27-29-30/h1-3,5-8,10-13,15H,4,9,14,16H2,(H,25,28)(H,26,31). The number of fused-ring (bicyclic) bond motifs is 1. The van der Waals surface area contributed by atoms with E-state index >= 15 is 0 Å². The van der Waals surface area contributed by atoms with Gasteiger partial charge in [0.05, 0.1) is 17.0 Å². The average Bonchev–Trinajstić information content (AvgIpc) is 3.50. The Morgan fingerprint density at radius 3 is 2.62 bits per heavy atom. The van der Waals surface area contributed by atoms with Crippen molar-refractivity contribution in [1.82, 2.24) is 19.7 Å². The highest BCUT2D eigenvalue weighted by molar-refractivity contribution is 7.90. The van der Waals surface area contributed by atoms with Gasteiger partial charge in [-0.25, -0.2) is 13.1 Å². The Morgan fingerprint density at radius 2 is 1.82 bits per heavy atom. The van der Waals surface area contributed by atoms with Crippen LogP contribution in [0.1, 0.15) is 28.8 Å². The molecular weight excluding hydrogens is 452 g/mol. The molecule has 1 amide bonds. The summed E-state index contributed by atoms with van der Waals surface area (Å²) in [5.41, 5.74) is 3.59. The lowest BCUT2D eigenvalue weighted by atomic mass is 10.1. The summed E-state index contributed by atoms with van der Waals surface area (Å²) in [5, 5.41) is 11.1. The van der Waals surface area contributed by atoms with Crippen molar-refractivity contribution in [2.75, 3.05) is 11.9 Å². The summed E-state index contributed by atoms with van der Waals surface area (Å²) < 4.78 is 29.6. The van der Waals surface area contributed by atoms with Crippen LogP contribution < -0.4 is 10.0 Å². The van der Waals surface area contributed by atoms with E-state index in [2.05, 4.69) is 25.3 Å². The van der Waals surface area contributed by atoms with E-state index in [4.69, 9.17) is 0 Å². The monoisotopic (exact) mass is 474 g/mol. The number of sulfonamides is 1. The van der Waals surface area contributed by atoms with Gasteiger partial charge in [0.15, 0.2) is 0 Å². The molecular formula is C24H22N6O3S. The number of hydrogen-bond donors (Lipinski definition) is 2. The molecule has 0 spiro atoms. The Morgan fingerprint density at radius 1 is 1.00 bits per heavy atom. The molecule has 5 rings (SSSR count). The maximum Gasteiger partial charge on any atom is 0.262 e. The van der Waals surface area contributed by atoms with Crippen LogP contribution in [0.25, 0.3) is 11.0 Å². The van der Waals surface area contributed by atoms with Crippen LogP contribution in [0.15, 0.2) is 82.7 Å². The molecule has 2 N–H and O–H groups in total. The van der Waals surface area contributed by atoms with Gasteiger partial charge in [-0.3, -0.25) is 14.5 Å². The second-order valence-electron chi connectivity index (χ2n) is 7.95. The quantitative estimate of drug-likeness (QED) is 0.445. The fraction of sp³-hybridized carbons (Fsp3) is 0.167. The number of hydrogen-bond acceptors (Lipinski definition) is 6. The van der Waals surface area contributed by atoms with Gasteiger partial charge in [0.1, 0.15) is 11.4 Å². The smallest absolute Gasteiger partial charge is 0.262 e. The fourth-order valence-electron chi connectivity index (χ4n) is 3.75. The number of nitrogens with one attached hydrogen (secondary N) is 2. The maximum atomic E-state index is 12.7. The molecule has 34 heavy (non-hydrogen) atoms. The molecule has 3 aromatic carbocycles. The minimum absolute atomic E-state index is 0.0651. The van der Waals surface area contributed by atoms with Crippen LogP contribution in [-0.2, 0) is 16.6 Å². The minimum atomic E-state index is -3.76. The Labute approximate surface area is 196 Å². The van der Waals surface area contributed by atoms with Crippen LogP contribution in [-0.4, -0.2) is 41.7 Å². The number of nitrogens with zero attached hydrogens (tertiary/aromatic N) is 4. The summed E-state index contributed by atoms with van der Waals surface area (Å²) in [4.78, 5) is 16.9. The van der Waals surface area contributed by atoms with Gasteiger partial charge in [-0.05, 0) is 54.4 Å². The van der Waals surface area contributed by atoms with Crippen molar-refractivity contribution in [2.45, 2.75) is 24.3 Å². The van der Waals surface area contributed by atoms with Crippen LogP contribution in [0.3, 0.4) is 0 Å². The van der Waals surface area contributed by atoms with E-state index < -0.39 is 10.0 Å². The number of benzene rings is 3. The molecule has 0 saturated heterocycles. The van der Waals surface area contributed by atoms with E-state index in [1.165, 1.54) is 12.1 Å². The van der Waals surface area contributed by atoms with Crippen LogP contribution >= 0.6 is 0 Å².